The molecule has 19 heavy (non-hydrogen) atoms. The number of aryl methyl sites for hydroxylation is 1. The standard InChI is InChI=1S/C14H19N3OS/c1-10-6-4-5-7-11(10)19-8-12-16-13(18-17-12)14(2,3)9-15/h4-7H,8-9,15H2,1-3H3. The van der Waals surface area contributed by atoms with Gasteiger partial charge in [0.05, 0.1) is 11.2 Å². The van der Waals surface area contributed by atoms with E-state index in [0.29, 0.717) is 24.0 Å². The Morgan fingerprint density at radius 1 is 1.32 bits per heavy atom. The van der Waals surface area contributed by atoms with Crippen LogP contribution in [0.1, 0.15) is 31.1 Å². The van der Waals surface area contributed by atoms with Crippen LogP contribution >= 0.6 is 11.8 Å². The summed E-state index contributed by atoms with van der Waals surface area (Å²) in [4.78, 5) is 5.66. The van der Waals surface area contributed by atoms with Gasteiger partial charge in [-0.2, -0.15) is 4.98 Å². The summed E-state index contributed by atoms with van der Waals surface area (Å²) in [6, 6.07) is 8.27. The zero-order valence-corrected chi connectivity index (χ0v) is 12.3. The van der Waals surface area contributed by atoms with Crippen LogP contribution in [0.5, 0.6) is 0 Å². The summed E-state index contributed by atoms with van der Waals surface area (Å²) in [7, 11) is 0. The molecule has 4 nitrogen and oxygen atoms in total. The van der Waals surface area contributed by atoms with Gasteiger partial charge in [-0.3, -0.25) is 0 Å². The number of thioether (sulfide) groups is 1. The summed E-state index contributed by atoms with van der Waals surface area (Å²) in [6.45, 7) is 6.58. The molecule has 0 fully saturated rings. The predicted molar refractivity (Wildman–Crippen MR) is 77.1 cm³/mol. The molecular weight excluding hydrogens is 258 g/mol. The Hall–Kier alpha value is -1.33. The van der Waals surface area contributed by atoms with Gasteiger partial charge in [-0.15, -0.1) is 11.8 Å². The van der Waals surface area contributed by atoms with Gasteiger partial charge in [0.25, 0.3) is 0 Å². The minimum absolute atomic E-state index is 0.265. The molecule has 0 amide bonds. The van der Waals surface area contributed by atoms with Crippen molar-refractivity contribution in [3.05, 3.63) is 41.5 Å². The van der Waals surface area contributed by atoms with Crippen molar-refractivity contribution in [2.45, 2.75) is 36.8 Å². The van der Waals surface area contributed by atoms with Crippen molar-refractivity contribution in [3.63, 3.8) is 0 Å². The van der Waals surface area contributed by atoms with Crippen LogP contribution in [-0.4, -0.2) is 16.7 Å². The van der Waals surface area contributed by atoms with Crippen molar-refractivity contribution in [3.8, 4) is 0 Å². The fraction of sp³-hybridized carbons (Fsp3) is 0.429. The lowest BCUT2D eigenvalue weighted by atomic mass is 9.94. The van der Waals surface area contributed by atoms with E-state index in [9.17, 15) is 0 Å². The zero-order valence-electron chi connectivity index (χ0n) is 11.5. The molecule has 0 bridgehead atoms. The Kier molecular flexibility index (Phi) is 4.27. The lowest BCUT2D eigenvalue weighted by Crippen LogP contribution is -2.28. The molecule has 0 spiro atoms. The Morgan fingerprint density at radius 2 is 2.05 bits per heavy atom. The van der Waals surface area contributed by atoms with E-state index in [1.165, 1.54) is 10.5 Å². The largest absolute Gasteiger partial charge is 0.339 e. The smallest absolute Gasteiger partial charge is 0.233 e. The van der Waals surface area contributed by atoms with Crippen LogP contribution in [0.25, 0.3) is 0 Å². The molecule has 1 heterocycles. The molecule has 0 saturated heterocycles. The highest BCUT2D eigenvalue weighted by molar-refractivity contribution is 7.98. The van der Waals surface area contributed by atoms with Crippen LogP contribution in [0.15, 0.2) is 33.7 Å². The molecule has 0 radical (unpaired) electrons. The highest BCUT2D eigenvalue weighted by Gasteiger charge is 2.25. The third-order valence-electron chi connectivity index (χ3n) is 3.01. The topological polar surface area (TPSA) is 64.9 Å². The number of nitrogens with zero attached hydrogens (tertiary/aromatic N) is 2. The number of benzene rings is 1. The number of rotatable bonds is 5. The Bertz CT molecular complexity index is 551. The summed E-state index contributed by atoms with van der Waals surface area (Å²) < 4.78 is 5.28. The van der Waals surface area contributed by atoms with Crippen LogP contribution < -0.4 is 5.73 Å². The van der Waals surface area contributed by atoms with E-state index >= 15 is 0 Å². The molecule has 0 aliphatic carbocycles. The molecule has 2 aromatic rings. The van der Waals surface area contributed by atoms with E-state index in [1.807, 2.05) is 26.0 Å². The maximum Gasteiger partial charge on any atom is 0.233 e. The van der Waals surface area contributed by atoms with Gasteiger partial charge >= 0.3 is 0 Å². The molecular formula is C14H19N3OS. The number of hydrogen-bond donors (Lipinski definition) is 1. The number of aromatic nitrogens is 2. The molecule has 0 unspecified atom stereocenters. The molecule has 2 rings (SSSR count). The first kappa shape index (κ1) is 14.1. The third-order valence-corrected chi connectivity index (χ3v) is 4.18. The summed E-state index contributed by atoms with van der Waals surface area (Å²) in [5.74, 6) is 2.02. The molecule has 0 atom stereocenters. The summed E-state index contributed by atoms with van der Waals surface area (Å²) in [5.41, 5.74) is 6.70. The summed E-state index contributed by atoms with van der Waals surface area (Å²) >= 11 is 1.72. The highest BCUT2D eigenvalue weighted by atomic mass is 32.2. The average Bonchev–Trinajstić information content (AvgIpc) is 2.87. The molecule has 2 N–H and O–H groups in total. The van der Waals surface area contributed by atoms with E-state index in [1.54, 1.807) is 11.8 Å². The van der Waals surface area contributed by atoms with Crippen molar-refractivity contribution in [2.24, 2.45) is 5.73 Å². The third kappa shape index (κ3) is 3.36. The second-order valence-corrected chi connectivity index (χ2v) is 6.18. The molecule has 0 aliphatic heterocycles. The van der Waals surface area contributed by atoms with Gasteiger partial charge in [-0.25, -0.2) is 0 Å². The molecule has 1 aromatic carbocycles. The first-order valence-electron chi connectivity index (χ1n) is 6.24. The first-order valence-corrected chi connectivity index (χ1v) is 7.23. The quantitative estimate of drug-likeness (QED) is 0.851. The van der Waals surface area contributed by atoms with Crippen LogP contribution in [0.4, 0.5) is 0 Å². The lowest BCUT2D eigenvalue weighted by molar-refractivity contribution is 0.309. The molecule has 102 valence electrons. The fourth-order valence-electron chi connectivity index (χ4n) is 1.54. The molecule has 0 saturated carbocycles. The minimum Gasteiger partial charge on any atom is -0.339 e. The first-order chi connectivity index (χ1) is 9.03. The van der Waals surface area contributed by atoms with E-state index in [0.717, 1.165) is 0 Å². The fourth-order valence-corrected chi connectivity index (χ4v) is 2.41. The normalized spacial score (nSPS) is 11.8. The van der Waals surface area contributed by atoms with Gasteiger partial charge in [-0.1, -0.05) is 23.4 Å². The molecule has 0 aliphatic rings. The van der Waals surface area contributed by atoms with Crippen molar-refractivity contribution >= 4 is 11.8 Å². The highest BCUT2D eigenvalue weighted by Crippen LogP contribution is 2.26. The van der Waals surface area contributed by atoms with Gasteiger partial charge in [0.15, 0.2) is 5.82 Å². The van der Waals surface area contributed by atoms with Crippen LogP contribution in [0, 0.1) is 6.92 Å². The summed E-state index contributed by atoms with van der Waals surface area (Å²) in [6.07, 6.45) is 0. The van der Waals surface area contributed by atoms with Crippen molar-refractivity contribution in [1.82, 2.24) is 10.1 Å². The summed E-state index contributed by atoms with van der Waals surface area (Å²) in [5, 5.41) is 4.01. The maximum absolute atomic E-state index is 5.70. The average molecular weight is 277 g/mol. The molecule has 5 heteroatoms. The van der Waals surface area contributed by atoms with Gasteiger partial charge in [-0.05, 0) is 32.4 Å². The Labute approximate surface area is 117 Å². The van der Waals surface area contributed by atoms with E-state index in [2.05, 4.69) is 29.2 Å². The Balaban J connectivity index is 2.03. The maximum atomic E-state index is 5.70. The minimum atomic E-state index is -0.265. The monoisotopic (exact) mass is 277 g/mol. The van der Waals surface area contributed by atoms with Gasteiger partial charge < -0.3 is 10.3 Å². The number of hydrogen-bond acceptors (Lipinski definition) is 5. The van der Waals surface area contributed by atoms with E-state index < -0.39 is 0 Å². The number of nitrogens with two attached hydrogens (primary N) is 1. The van der Waals surface area contributed by atoms with Crippen LogP contribution in [-0.2, 0) is 11.2 Å². The zero-order chi connectivity index (χ0) is 13.9. The predicted octanol–water partition coefficient (Wildman–Crippen LogP) is 2.91. The Morgan fingerprint density at radius 3 is 2.74 bits per heavy atom. The van der Waals surface area contributed by atoms with Crippen LogP contribution in [0.2, 0.25) is 0 Å². The van der Waals surface area contributed by atoms with Crippen molar-refractivity contribution < 1.29 is 4.52 Å². The van der Waals surface area contributed by atoms with Gasteiger partial charge in [0.1, 0.15) is 0 Å². The second kappa shape index (κ2) is 5.75. The second-order valence-electron chi connectivity index (χ2n) is 5.16. The van der Waals surface area contributed by atoms with Crippen molar-refractivity contribution in [1.29, 1.82) is 0 Å². The lowest BCUT2D eigenvalue weighted by Gasteiger charge is -2.15. The van der Waals surface area contributed by atoms with Crippen LogP contribution in [0.3, 0.4) is 0 Å². The SMILES string of the molecule is Cc1ccccc1SCc1noc(C(C)(C)CN)n1. The van der Waals surface area contributed by atoms with E-state index in [4.69, 9.17) is 10.3 Å². The van der Waals surface area contributed by atoms with Crippen molar-refractivity contribution in [2.75, 3.05) is 6.54 Å². The van der Waals surface area contributed by atoms with Gasteiger partial charge in [0, 0.05) is 11.4 Å². The molecule has 1 aromatic heterocycles. The van der Waals surface area contributed by atoms with E-state index in [-0.39, 0.29) is 5.41 Å². The van der Waals surface area contributed by atoms with Gasteiger partial charge in [0.2, 0.25) is 5.89 Å².